The summed E-state index contributed by atoms with van der Waals surface area (Å²) in [6, 6.07) is 51.0. The second-order valence-corrected chi connectivity index (χ2v) is 17.7. The summed E-state index contributed by atoms with van der Waals surface area (Å²) in [6.45, 7) is 14.1. The van der Waals surface area contributed by atoms with Gasteiger partial charge in [0.15, 0.2) is 0 Å². The quantitative estimate of drug-likeness (QED) is 0.131. The van der Waals surface area contributed by atoms with E-state index in [1.807, 2.05) is 30.5 Å². The van der Waals surface area contributed by atoms with Gasteiger partial charge in [0.1, 0.15) is 5.82 Å². The fourth-order valence-electron chi connectivity index (χ4n) is 9.95. The molecule has 0 unspecified atom stereocenters. The number of pyridine rings is 1. The van der Waals surface area contributed by atoms with Crippen molar-refractivity contribution in [2.45, 2.75) is 57.8 Å². The number of ether oxygens (including phenoxy) is 1. The summed E-state index contributed by atoms with van der Waals surface area (Å²) < 4.78 is 13.3. The van der Waals surface area contributed by atoms with Crippen LogP contribution in [0.2, 0.25) is 0 Å². The van der Waals surface area contributed by atoms with Crippen molar-refractivity contribution in [1.82, 2.24) is 14.1 Å². The third-order valence-corrected chi connectivity index (χ3v) is 12.2. The van der Waals surface area contributed by atoms with Crippen molar-refractivity contribution in [2.75, 3.05) is 0 Å². The van der Waals surface area contributed by atoms with Crippen molar-refractivity contribution in [3.63, 3.8) is 0 Å². The molecule has 0 amide bonds. The predicted octanol–water partition coefficient (Wildman–Crippen LogP) is 11.4. The molecule has 1 spiro atoms. The molecule has 3 aromatic heterocycles. The van der Waals surface area contributed by atoms with Crippen molar-refractivity contribution in [3.05, 3.63) is 179 Å². The minimum atomic E-state index is -0.619. The van der Waals surface area contributed by atoms with Crippen molar-refractivity contribution >= 4 is 32.8 Å². The van der Waals surface area contributed by atoms with Gasteiger partial charge in [-0.1, -0.05) is 132 Å². The molecule has 4 heterocycles. The summed E-state index contributed by atoms with van der Waals surface area (Å²) in [5, 5.41) is 2.24. The summed E-state index contributed by atoms with van der Waals surface area (Å²) in [6.07, 6.45) is 5.51. The molecule has 0 atom stereocenters. The van der Waals surface area contributed by atoms with Gasteiger partial charge in [-0.05, 0) is 73.4 Å². The van der Waals surface area contributed by atoms with Gasteiger partial charge in [0.05, 0.1) is 18.1 Å². The summed E-state index contributed by atoms with van der Waals surface area (Å²) in [5.74, 6) is 2.06. The summed E-state index contributed by atoms with van der Waals surface area (Å²) in [4.78, 5) is 4.72. The molecule has 5 nitrogen and oxygen atoms in total. The molecule has 0 N–H and O–H groups in total. The van der Waals surface area contributed by atoms with Gasteiger partial charge in [-0.2, -0.15) is 12.1 Å². The summed E-state index contributed by atoms with van der Waals surface area (Å²) in [7, 11) is 2.09. The Morgan fingerprint density at radius 1 is 0.638 bits per heavy atom. The Balaban J connectivity index is 0.00000408. The van der Waals surface area contributed by atoms with E-state index in [4.69, 9.17) is 9.72 Å². The number of aryl methyl sites for hydroxylation is 1. The molecule has 1 aliphatic heterocycles. The average molecular weight is 934 g/mol. The molecular formula is C52H42N4OPt-2. The number of benzene rings is 6. The fraction of sp³-hybridized carbons (Fsp3) is 0.192. The van der Waals surface area contributed by atoms with Gasteiger partial charge in [-0.25, -0.2) is 4.98 Å². The number of imidazole rings is 1. The number of nitrogens with zero attached hydrogens (tertiary/aromatic N) is 4. The maximum atomic E-state index is 6.80. The van der Waals surface area contributed by atoms with E-state index in [9.17, 15) is 0 Å². The van der Waals surface area contributed by atoms with Crippen LogP contribution in [0.25, 0.3) is 55.5 Å². The van der Waals surface area contributed by atoms with Crippen LogP contribution in [0.1, 0.15) is 74.9 Å². The molecule has 11 rings (SSSR count). The van der Waals surface area contributed by atoms with E-state index in [1.54, 1.807) is 0 Å². The van der Waals surface area contributed by atoms with E-state index in [-0.39, 0.29) is 31.9 Å². The predicted molar refractivity (Wildman–Crippen MR) is 228 cm³/mol. The number of fused-ring (bicyclic) bond motifs is 12. The fourth-order valence-corrected chi connectivity index (χ4v) is 9.95. The SMILES string of the molecule is C[n+]1[c-]n2c3c(cccc31)C1(c3ccc(Oc4[c-]c5c(cc4)c4ccccc4n5-c4ccccn4)[c-]c3-2)c2c(cccc2C(C)(C)C)-c2cccc(C(C)(C)C)c21.[Pt]. The third-order valence-electron chi connectivity index (χ3n) is 12.2. The molecule has 0 bridgehead atoms. The van der Waals surface area contributed by atoms with E-state index in [0.29, 0.717) is 11.5 Å². The molecular weight excluding hydrogens is 892 g/mol. The first-order valence-corrected chi connectivity index (χ1v) is 19.8. The summed E-state index contributed by atoms with van der Waals surface area (Å²) in [5.41, 5.74) is 14.8. The van der Waals surface area contributed by atoms with Gasteiger partial charge in [-0.3, -0.25) is 0 Å². The first-order valence-electron chi connectivity index (χ1n) is 19.8. The van der Waals surface area contributed by atoms with Crippen LogP contribution in [-0.2, 0) is 44.4 Å². The van der Waals surface area contributed by atoms with Crippen molar-refractivity contribution < 1.29 is 30.4 Å². The average Bonchev–Trinajstić information content (AvgIpc) is 3.83. The van der Waals surface area contributed by atoms with Crippen LogP contribution in [0.3, 0.4) is 0 Å². The molecule has 0 radical (unpaired) electrons. The Morgan fingerprint density at radius 2 is 1.29 bits per heavy atom. The Bertz CT molecular complexity index is 3080. The maximum Gasteiger partial charge on any atom is 0.242 e. The van der Waals surface area contributed by atoms with Crippen LogP contribution < -0.4 is 9.30 Å². The van der Waals surface area contributed by atoms with Gasteiger partial charge in [0, 0.05) is 49.7 Å². The topological polar surface area (TPSA) is 35.9 Å². The third kappa shape index (κ3) is 4.92. The van der Waals surface area contributed by atoms with Gasteiger partial charge < -0.3 is 18.4 Å². The van der Waals surface area contributed by atoms with Gasteiger partial charge in [0.25, 0.3) is 0 Å². The maximum absolute atomic E-state index is 6.80. The van der Waals surface area contributed by atoms with E-state index < -0.39 is 5.41 Å². The first-order chi connectivity index (χ1) is 27.5. The zero-order valence-corrected chi connectivity index (χ0v) is 35.9. The molecule has 6 heteroatoms. The molecule has 0 fully saturated rings. The van der Waals surface area contributed by atoms with Crippen molar-refractivity contribution in [3.8, 4) is 34.1 Å². The minimum absolute atomic E-state index is 0. The molecule has 58 heavy (non-hydrogen) atoms. The normalized spacial score (nSPS) is 13.8. The van der Waals surface area contributed by atoms with Crippen LogP contribution >= 0.6 is 0 Å². The van der Waals surface area contributed by atoms with Crippen LogP contribution in [0.15, 0.2) is 128 Å². The number of aromatic nitrogens is 4. The number of hydrogen-bond acceptors (Lipinski definition) is 2. The smallest absolute Gasteiger partial charge is 0.242 e. The minimum Gasteiger partial charge on any atom is -0.510 e. The Labute approximate surface area is 353 Å². The zero-order chi connectivity index (χ0) is 39.0. The number of hydrogen-bond donors (Lipinski definition) is 0. The van der Waals surface area contributed by atoms with Crippen LogP contribution in [0.4, 0.5) is 0 Å². The Morgan fingerprint density at radius 3 is 1.98 bits per heavy atom. The van der Waals surface area contributed by atoms with Crippen molar-refractivity contribution in [2.24, 2.45) is 7.05 Å². The molecule has 0 saturated carbocycles. The van der Waals surface area contributed by atoms with Gasteiger partial charge in [0.2, 0.25) is 6.33 Å². The molecule has 2 aliphatic rings. The molecule has 0 saturated heterocycles. The zero-order valence-electron chi connectivity index (χ0n) is 33.6. The van der Waals surface area contributed by atoms with E-state index in [1.165, 1.54) is 44.5 Å². The van der Waals surface area contributed by atoms with Crippen LogP contribution in [0.5, 0.6) is 11.5 Å². The molecule has 6 aromatic carbocycles. The molecule has 1 aliphatic carbocycles. The largest absolute Gasteiger partial charge is 0.510 e. The second-order valence-electron chi connectivity index (χ2n) is 17.7. The number of para-hydroxylation sites is 2. The van der Waals surface area contributed by atoms with E-state index >= 15 is 0 Å². The second kappa shape index (κ2) is 12.6. The summed E-state index contributed by atoms with van der Waals surface area (Å²) >= 11 is 0. The first kappa shape index (κ1) is 36.6. The van der Waals surface area contributed by atoms with E-state index in [0.717, 1.165) is 44.3 Å². The Kier molecular flexibility index (Phi) is 7.95. The number of rotatable bonds is 3. The standard InChI is InChI=1S/C52H42N4O.Pt/c1-50(2,3)39-18-12-16-36-37-17-13-19-40(51(4,5)6)48(37)52(47(36)39)38-27-25-33(30-45(38)55-31-54(7)43-22-14-20-41(52)49(43)55)57-32-24-26-35-34-15-8-9-21-42(34)56(44(35)29-32)46-23-10-11-28-53-46;/h8-28H,1-7H3;/q-2;. The van der Waals surface area contributed by atoms with Crippen LogP contribution in [0, 0.1) is 18.5 Å². The van der Waals surface area contributed by atoms with E-state index in [2.05, 4.69) is 178 Å². The van der Waals surface area contributed by atoms with Crippen LogP contribution in [-0.4, -0.2) is 14.1 Å². The monoisotopic (exact) mass is 933 g/mol. The van der Waals surface area contributed by atoms with Crippen molar-refractivity contribution in [1.29, 1.82) is 0 Å². The Hall–Kier alpha value is -5.77. The van der Waals surface area contributed by atoms with Gasteiger partial charge >= 0.3 is 0 Å². The van der Waals surface area contributed by atoms with Gasteiger partial charge in [-0.15, -0.1) is 35.2 Å². The molecule has 9 aromatic rings. The molecule has 288 valence electrons.